The van der Waals surface area contributed by atoms with Gasteiger partial charge in [-0.25, -0.2) is 0 Å². The third kappa shape index (κ3) is 1.76. The van der Waals surface area contributed by atoms with Crippen LogP contribution in [0.25, 0.3) is 10.9 Å². The van der Waals surface area contributed by atoms with Crippen molar-refractivity contribution in [1.82, 2.24) is 4.98 Å². The third-order valence-corrected chi connectivity index (χ3v) is 4.26. The Hall–Kier alpha value is -1.57. The maximum absolute atomic E-state index is 11.8. The number of H-pyrrole nitrogens is 1. The summed E-state index contributed by atoms with van der Waals surface area (Å²) in [6.07, 6.45) is 5.68. The zero-order valence-electron chi connectivity index (χ0n) is 11.0. The van der Waals surface area contributed by atoms with Gasteiger partial charge in [0.2, 0.25) is 0 Å². The molecule has 2 aromatic rings. The number of Topliss-reactive ketones (excluding diaryl/α,β-unsaturated/α-hetero) is 1. The number of ketones is 1. The molecule has 1 aromatic carbocycles. The van der Waals surface area contributed by atoms with Crippen molar-refractivity contribution in [2.75, 3.05) is 0 Å². The summed E-state index contributed by atoms with van der Waals surface area (Å²) in [5.41, 5.74) is 3.78. The van der Waals surface area contributed by atoms with Gasteiger partial charge in [0.05, 0.1) is 0 Å². The average Bonchev–Trinajstić information content (AvgIpc) is 2.72. The van der Waals surface area contributed by atoms with Crippen LogP contribution in [-0.4, -0.2) is 10.8 Å². The van der Waals surface area contributed by atoms with E-state index in [1.54, 1.807) is 0 Å². The van der Waals surface area contributed by atoms with Crippen molar-refractivity contribution in [3.63, 3.8) is 0 Å². The van der Waals surface area contributed by atoms with E-state index in [4.69, 9.17) is 0 Å². The molecular formula is C16H19NO. The van der Waals surface area contributed by atoms with Crippen LogP contribution in [0.4, 0.5) is 0 Å². The third-order valence-electron chi connectivity index (χ3n) is 4.26. The Morgan fingerprint density at radius 3 is 2.94 bits per heavy atom. The molecule has 1 aliphatic carbocycles. The molecule has 2 nitrogen and oxygen atoms in total. The van der Waals surface area contributed by atoms with E-state index in [1.807, 2.05) is 0 Å². The van der Waals surface area contributed by atoms with E-state index in [0.717, 1.165) is 19.3 Å². The topological polar surface area (TPSA) is 32.9 Å². The Morgan fingerprint density at radius 1 is 1.33 bits per heavy atom. The minimum Gasteiger partial charge on any atom is -0.361 e. The number of carbonyl (C=O) groups is 1. The number of hydrogen-bond donors (Lipinski definition) is 1. The molecule has 1 atom stereocenters. The number of benzene rings is 1. The van der Waals surface area contributed by atoms with Crippen LogP contribution < -0.4 is 0 Å². The minimum absolute atomic E-state index is 0.0167. The second kappa shape index (κ2) is 3.98. The van der Waals surface area contributed by atoms with Gasteiger partial charge in [0, 0.05) is 35.4 Å². The van der Waals surface area contributed by atoms with Gasteiger partial charge < -0.3 is 4.98 Å². The lowest BCUT2D eigenvalue weighted by molar-refractivity contribution is -0.121. The first-order chi connectivity index (χ1) is 8.58. The maximum atomic E-state index is 11.8. The number of aromatic nitrogens is 1. The van der Waals surface area contributed by atoms with Crippen LogP contribution in [-0.2, 0) is 10.2 Å². The number of aryl methyl sites for hydroxylation is 1. The van der Waals surface area contributed by atoms with E-state index >= 15 is 0 Å². The van der Waals surface area contributed by atoms with Crippen molar-refractivity contribution in [3.8, 4) is 0 Å². The predicted molar refractivity (Wildman–Crippen MR) is 73.9 cm³/mol. The number of rotatable bonds is 1. The maximum Gasteiger partial charge on any atom is 0.133 e. The molecule has 1 fully saturated rings. The fourth-order valence-electron chi connectivity index (χ4n) is 3.26. The van der Waals surface area contributed by atoms with Crippen molar-refractivity contribution >= 4 is 16.7 Å². The molecule has 1 saturated carbocycles. The van der Waals surface area contributed by atoms with Gasteiger partial charge in [0.25, 0.3) is 0 Å². The van der Waals surface area contributed by atoms with Crippen LogP contribution in [0, 0.1) is 6.92 Å². The molecule has 0 spiro atoms. The lowest BCUT2D eigenvalue weighted by Crippen LogP contribution is -2.29. The van der Waals surface area contributed by atoms with Gasteiger partial charge in [0.1, 0.15) is 5.78 Å². The van der Waals surface area contributed by atoms with E-state index < -0.39 is 0 Å². The molecule has 0 saturated heterocycles. The molecule has 1 heterocycles. The van der Waals surface area contributed by atoms with Crippen molar-refractivity contribution in [2.24, 2.45) is 0 Å². The Kier molecular flexibility index (Phi) is 2.54. The second-order valence-electron chi connectivity index (χ2n) is 5.88. The molecule has 1 N–H and O–H groups in total. The normalized spacial score (nSPS) is 24.7. The molecule has 94 valence electrons. The summed E-state index contributed by atoms with van der Waals surface area (Å²) < 4.78 is 0. The number of hydrogen-bond acceptors (Lipinski definition) is 1. The summed E-state index contributed by atoms with van der Waals surface area (Å²) in [6.45, 7) is 4.33. The zero-order chi connectivity index (χ0) is 12.8. The molecular weight excluding hydrogens is 222 g/mol. The van der Waals surface area contributed by atoms with Crippen LogP contribution in [0.1, 0.15) is 43.7 Å². The number of aromatic amines is 1. The van der Waals surface area contributed by atoms with Crippen molar-refractivity contribution in [2.45, 2.75) is 44.9 Å². The highest BCUT2D eigenvalue weighted by atomic mass is 16.1. The van der Waals surface area contributed by atoms with E-state index in [-0.39, 0.29) is 5.41 Å². The fraction of sp³-hybridized carbons (Fsp3) is 0.438. The van der Waals surface area contributed by atoms with Gasteiger partial charge >= 0.3 is 0 Å². The minimum atomic E-state index is 0.0167. The van der Waals surface area contributed by atoms with Gasteiger partial charge in [-0.2, -0.15) is 0 Å². The lowest BCUT2D eigenvalue weighted by atomic mass is 9.70. The molecule has 1 aliphatic rings. The molecule has 0 amide bonds. The average molecular weight is 241 g/mol. The summed E-state index contributed by atoms with van der Waals surface area (Å²) >= 11 is 0. The molecule has 1 aromatic heterocycles. The van der Waals surface area contributed by atoms with Crippen LogP contribution in [0.2, 0.25) is 0 Å². The van der Waals surface area contributed by atoms with Gasteiger partial charge in [-0.05, 0) is 37.0 Å². The van der Waals surface area contributed by atoms with E-state index in [0.29, 0.717) is 12.2 Å². The molecule has 3 rings (SSSR count). The summed E-state index contributed by atoms with van der Waals surface area (Å²) in [5.74, 6) is 0.408. The largest absolute Gasteiger partial charge is 0.361 e. The van der Waals surface area contributed by atoms with Crippen LogP contribution in [0.5, 0.6) is 0 Å². The van der Waals surface area contributed by atoms with Crippen molar-refractivity contribution < 1.29 is 4.79 Å². The van der Waals surface area contributed by atoms with E-state index in [1.165, 1.54) is 22.0 Å². The van der Waals surface area contributed by atoms with Crippen LogP contribution in [0.3, 0.4) is 0 Å². The molecule has 0 aliphatic heterocycles. The van der Waals surface area contributed by atoms with Crippen molar-refractivity contribution in [1.29, 1.82) is 0 Å². The lowest BCUT2D eigenvalue weighted by Gasteiger charge is -2.32. The first-order valence-corrected chi connectivity index (χ1v) is 6.68. The van der Waals surface area contributed by atoms with Crippen LogP contribution in [0.15, 0.2) is 24.4 Å². The molecule has 0 radical (unpaired) electrons. The fourth-order valence-corrected chi connectivity index (χ4v) is 3.26. The van der Waals surface area contributed by atoms with E-state index in [9.17, 15) is 4.79 Å². The van der Waals surface area contributed by atoms with Crippen LogP contribution >= 0.6 is 0 Å². The zero-order valence-corrected chi connectivity index (χ0v) is 11.0. The number of fused-ring (bicyclic) bond motifs is 1. The molecule has 2 heteroatoms. The van der Waals surface area contributed by atoms with Crippen molar-refractivity contribution in [3.05, 3.63) is 35.5 Å². The highest BCUT2D eigenvalue weighted by Gasteiger charge is 2.34. The monoisotopic (exact) mass is 241 g/mol. The number of carbonyl (C=O) groups excluding carboxylic acids is 1. The number of nitrogens with one attached hydrogen (secondary N) is 1. The highest BCUT2D eigenvalue weighted by molar-refractivity contribution is 5.87. The molecule has 1 unspecified atom stereocenters. The Morgan fingerprint density at radius 2 is 2.17 bits per heavy atom. The molecule has 18 heavy (non-hydrogen) atoms. The Bertz CT molecular complexity index is 611. The van der Waals surface area contributed by atoms with Gasteiger partial charge in [-0.1, -0.05) is 19.1 Å². The Labute approximate surface area is 107 Å². The predicted octanol–water partition coefficient (Wildman–Crippen LogP) is 3.88. The summed E-state index contributed by atoms with van der Waals surface area (Å²) in [7, 11) is 0. The highest BCUT2D eigenvalue weighted by Crippen LogP contribution is 2.40. The van der Waals surface area contributed by atoms with Gasteiger partial charge in [0.15, 0.2) is 0 Å². The summed E-state index contributed by atoms with van der Waals surface area (Å²) in [4.78, 5) is 15.1. The first-order valence-electron chi connectivity index (χ1n) is 6.68. The van der Waals surface area contributed by atoms with Gasteiger partial charge in [-0.3, -0.25) is 4.79 Å². The summed E-state index contributed by atoms with van der Waals surface area (Å²) in [6, 6.07) is 6.50. The second-order valence-corrected chi connectivity index (χ2v) is 5.88. The Balaban J connectivity index is 2.11. The molecule has 0 bridgehead atoms. The van der Waals surface area contributed by atoms with Gasteiger partial charge in [-0.15, -0.1) is 0 Å². The van der Waals surface area contributed by atoms with E-state index in [2.05, 4.69) is 43.2 Å². The SMILES string of the molecule is Cc1ccc2c(C3(C)CCCC(=O)C3)c[nH]c2c1. The summed E-state index contributed by atoms with van der Waals surface area (Å²) in [5, 5.41) is 1.28. The smallest absolute Gasteiger partial charge is 0.133 e. The first kappa shape index (κ1) is 11.5. The standard InChI is InChI=1S/C16H19NO/c1-11-5-6-13-14(10-17-15(13)8-11)16(2)7-3-4-12(18)9-16/h5-6,8,10,17H,3-4,7,9H2,1-2H3. The quantitative estimate of drug-likeness (QED) is 0.807.